The van der Waals surface area contributed by atoms with Crippen molar-refractivity contribution in [1.82, 2.24) is 4.98 Å². The molecule has 78 valence electrons. The fraction of sp³-hybridized carbons (Fsp3) is 0. The molecule has 0 aliphatic rings. The first-order chi connectivity index (χ1) is 7.06. The van der Waals surface area contributed by atoms with E-state index >= 15 is 0 Å². The van der Waals surface area contributed by atoms with Crippen LogP contribution < -0.4 is 4.18 Å². The standard InChI is InChI=1S/C9H6FNO3S/c10-15(12,13)14-8-5-1-3-7-4-2-6-11-9(7)8/h1-6H. The summed E-state index contributed by atoms with van der Waals surface area (Å²) in [5.74, 6) is -0.115. The third kappa shape index (κ3) is 2.21. The Kier molecular flexibility index (Phi) is 2.28. The Bertz CT molecular complexity index is 592. The molecule has 0 N–H and O–H groups in total. The number of hydrogen-bond donors (Lipinski definition) is 0. The van der Waals surface area contributed by atoms with Crippen LogP contribution in [0.4, 0.5) is 3.89 Å². The maximum Gasteiger partial charge on any atom is 0.488 e. The van der Waals surface area contributed by atoms with Crippen molar-refractivity contribution >= 4 is 21.4 Å². The van der Waals surface area contributed by atoms with Crippen LogP contribution in [0.5, 0.6) is 5.75 Å². The summed E-state index contributed by atoms with van der Waals surface area (Å²) in [5.41, 5.74) is 0.307. The van der Waals surface area contributed by atoms with Crippen LogP contribution in [-0.4, -0.2) is 13.4 Å². The topological polar surface area (TPSA) is 56.3 Å². The van der Waals surface area contributed by atoms with Gasteiger partial charge >= 0.3 is 10.5 Å². The van der Waals surface area contributed by atoms with Gasteiger partial charge in [0.05, 0.1) is 0 Å². The Balaban J connectivity index is 2.61. The number of para-hydroxylation sites is 1. The predicted molar refractivity (Wildman–Crippen MR) is 52.4 cm³/mol. The Morgan fingerprint density at radius 2 is 1.93 bits per heavy atom. The molecule has 1 aromatic carbocycles. The Hall–Kier alpha value is -1.69. The quantitative estimate of drug-likeness (QED) is 0.734. The van der Waals surface area contributed by atoms with Crippen LogP contribution in [0.15, 0.2) is 36.5 Å². The Morgan fingerprint density at radius 1 is 1.20 bits per heavy atom. The number of rotatable bonds is 2. The fourth-order valence-corrected chi connectivity index (χ4v) is 1.60. The fourth-order valence-electron chi connectivity index (χ4n) is 1.25. The highest BCUT2D eigenvalue weighted by Crippen LogP contribution is 2.24. The van der Waals surface area contributed by atoms with Crippen LogP contribution >= 0.6 is 0 Å². The van der Waals surface area contributed by atoms with Gasteiger partial charge in [0.15, 0.2) is 5.75 Å². The average molecular weight is 227 g/mol. The zero-order chi connectivity index (χ0) is 10.9. The van der Waals surface area contributed by atoms with E-state index in [1.54, 1.807) is 24.3 Å². The largest absolute Gasteiger partial charge is 0.488 e. The lowest BCUT2D eigenvalue weighted by Gasteiger charge is -2.02. The van der Waals surface area contributed by atoms with Gasteiger partial charge in [-0.1, -0.05) is 22.1 Å². The first-order valence-electron chi connectivity index (χ1n) is 4.04. The van der Waals surface area contributed by atoms with Gasteiger partial charge in [-0.25, -0.2) is 0 Å². The van der Waals surface area contributed by atoms with E-state index in [1.165, 1.54) is 12.3 Å². The van der Waals surface area contributed by atoms with Gasteiger partial charge in [-0.15, -0.1) is 0 Å². The van der Waals surface area contributed by atoms with Crippen LogP contribution in [0.2, 0.25) is 0 Å². The monoisotopic (exact) mass is 227 g/mol. The van der Waals surface area contributed by atoms with Gasteiger partial charge in [0.25, 0.3) is 0 Å². The van der Waals surface area contributed by atoms with E-state index in [9.17, 15) is 12.3 Å². The second-order valence-corrected chi connectivity index (χ2v) is 3.76. The van der Waals surface area contributed by atoms with Crippen LogP contribution in [0.3, 0.4) is 0 Å². The normalized spacial score (nSPS) is 11.5. The molecule has 0 saturated heterocycles. The van der Waals surface area contributed by atoms with Crippen LogP contribution in [0.25, 0.3) is 10.9 Å². The van der Waals surface area contributed by atoms with Crippen molar-refractivity contribution in [1.29, 1.82) is 0 Å². The molecule has 0 radical (unpaired) electrons. The number of nitrogens with zero attached hydrogens (tertiary/aromatic N) is 1. The summed E-state index contributed by atoms with van der Waals surface area (Å²) in [7, 11) is -5.01. The first kappa shape index (κ1) is 9.85. The van der Waals surface area contributed by atoms with Crippen molar-refractivity contribution in [2.45, 2.75) is 0 Å². The third-order valence-electron chi connectivity index (χ3n) is 1.79. The lowest BCUT2D eigenvalue weighted by molar-refractivity contribution is 0.442. The molecule has 0 bridgehead atoms. The van der Waals surface area contributed by atoms with Gasteiger partial charge < -0.3 is 4.18 Å². The van der Waals surface area contributed by atoms with E-state index in [0.29, 0.717) is 10.9 Å². The summed E-state index contributed by atoms with van der Waals surface area (Å²) in [6, 6.07) is 8.03. The summed E-state index contributed by atoms with van der Waals surface area (Å²) in [6.07, 6.45) is 1.47. The molecule has 0 spiro atoms. The lowest BCUT2D eigenvalue weighted by atomic mass is 10.2. The summed E-state index contributed by atoms with van der Waals surface area (Å²) in [4.78, 5) is 3.91. The van der Waals surface area contributed by atoms with Crippen LogP contribution in [-0.2, 0) is 10.5 Å². The zero-order valence-electron chi connectivity index (χ0n) is 7.42. The molecule has 0 atom stereocenters. The highest BCUT2D eigenvalue weighted by Gasteiger charge is 2.12. The predicted octanol–water partition coefficient (Wildman–Crippen LogP) is 1.83. The molecule has 0 unspecified atom stereocenters. The summed E-state index contributed by atoms with van der Waals surface area (Å²) in [5, 5.41) is 0.679. The summed E-state index contributed by atoms with van der Waals surface area (Å²) in [6.45, 7) is 0. The second-order valence-electron chi connectivity index (χ2n) is 2.81. The molecule has 0 aliphatic heterocycles. The molecule has 0 saturated carbocycles. The van der Waals surface area contributed by atoms with E-state index in [2.05, 4.69) is 9.17 Å². The van der Waals surface area contributed by atoms with Gasteiger partial charge in [0.1, 0.15) is 5.52 Å². The molecule has 15 heavy (non-hydrogen) atoms. The van der Waals surface area contributed by atoms with E-state index < -0.39 is 10.5 Å². The highest BCUT2D eigenvalue weighted by atomic mass is 32.3. The van der Waals surface area contributed by atoms with Crippen molar-refractivity contribution in [2.75, 3.05) is 0 Å². The number of aromatic nitrogens is 1. The molecule has 2 rings (SSSR count). The Labute approximate surface area is 85.7 Å². The average Bonchev–Trinajstić information content (AvgIpc) is 2.16. The van der Waals surface area contributed by atoms with Crippen molar-refractivity contribution in [2.24, 2.45) is 0 Å². The van der Waals surface area contributed by atoms with Crippen molar-refractivity contribution in [3.05, 3.63) is 36.5 Å². The zero-order valence-corrected chi connectivity index (χ0v) is 8.24. The Morgan fingerprint density at radius 3 is 2.67 bits per heavy atom. The van der Waals surface area contributed by atoms with Crippen molar-refractivity contribution in [3.63, 3.8) is 0 Å². The molecule has 0 fully saturated rings. The maximum atomic E-state index is 12.3. The third-order valence-corrected chi connectivity index (χ3v) is 2.16. The minimum atomic E-state index is -5.01. The molecule has 0 aliphatic carbocycles. The minimum Gasteiger partial charge on any atom is -0.356 e. The molecular formula is C9H6FNO3S. The van der Waals surface area contributed by atoms with Gasteiger partial charge in [-0.05, 0) is 12.1 Å². The lowest BCUT2D eigenvalue weighted by Crippen LogP contribution is -2.01. The molecule has 6 heteroatoms. The number of pyridine rings is 1. The van der Waals surface area contributed by atoms with Crippen LogP contribution in [0.1, 0.15) is 0 Å². The number of benzene rings is 1. The number of halogens is 1. The summed E-state index contributed by atoms with van der Waals surface area (Å²) < 4.78 is 37.1. The SMILES string of the molecule is O=S(=O)(F)Oc1cccc2cccnc12. The second kappa shape index (κ2) is 3.47. The molecule has 2 aromatic rings. The number of hydrogen-bond acceptors (Lipinski definition) is 4. The molecule has 1 heterocycles. The first-order valence-corrected chi connectivity index (χ1v) is 5.35. The number of fused-ring (bicyclic) bond motifs is 1. The summed E-state index contributed by atoms with van der Waals surface area (Å²) >= 11 is 0. The highest BCUT2D eigenvalue weighted by molar-refractivity contribution is 7.81. The van der Waals surface area contributed by atoms with E-state index in [0.717, 1.165) is 0 Å². The maximum absolute atomic E-state index is 12.3. The minimum absolute atomic E-state index is 0.115. The molecular weight excluding hydrogens is 221 g/mol. The van der Waals surface area contributed by atoms with E-state index in [1.807, 2.05) is 0 Å². The molecule has 1 aromatic heterocycles. The van der Waals surface area contributed by atoms with Crippen molar-refractivity contribution in [3.8, 4) is 5.75 Å². The van der Waals surface area contributed by atoms with Crippen LogP contribution in [0, 0.1) is 0 Å². The van der Waals surface area contributed by atoms with E-state index in [-0.39, 0.29) is 5.75 Å². The molecule has 0 amide bonds. The van der Waals surface area contributed by atoms with Gasteiger partial charge in [0.2, 0.25) is 0 Å². The van der Waals surface area contributed by atoms with Gasteiger partial charge in [-0.2, -0.15) is 8.42 Å². The van der Waals surface area contributed by atoms with Crippen molar-refractivity contribution < 1.29 is 16.5 Å². The van der Waals surface area contributed by atoms with Gasteiger partial charge in [-0.3, -0.25) is 4.98 Å². The van der Waals surface area contributed by atoms with Gasteiger partial charge in [0, 0.05) is 11.6 Å². The van der Waals surface area contributed by atoms with E-state index in [4.69, 9.17) is 0 Å². The smallest absolute Gasteiger partial charge is 0.356 e. The molecule has 4 nitrogen and oxygen atoms in total.